The van der Waals surface area contributed by atoms with Gasteiger partial charge in [-0.3, -0.25) is 0 Å². The van der Waals surface area contributed by atoms with Crippen molar-refractivity contribution in [3.05, 3.63) is 63.7 Å². The van der Waals surface area contributed by atoms with Crippen LogP contribution in [0.1, 0.15) is 23.6 Å². The fourth-order valence-corrected chi connectivity index (χ4v) is 2.41. The molecule has 0 fully saturated rings. The molecule has 0 aliphatic rings. The van der Waals surface area contributed by atoms with Crippen molar-refractivity contribution in [1.82, 2.24) is 4.90 Å². The number of hydrogen-bond donors (Lipinski definition) is 0. The van der Waals surface area contributed by atoms with E-state index in [1.807, 2.05) is 31.9 Å². The van der Waals surface area contributed by atoms with Gasteiger partial charge in [-0.1, -0.05) is 11.6 Å². The molecule has 0 N–H and O–H groups in total. The van der Waals surface area contributed by atoms with Gasteiger partial charge in [0.05, 0.1) is 17.0 Å². The van der Waals surface area contributed by atoms with Gasteiger partial charge in [-0.05, 0) is 61.2 Å². The van der Waals surface area contributed by atoms with E-state index in [-0.39, 0.29) is 0 Å². The summed E-state index contributed by atoms with van der Waals surface area (Å²) in [5, 5.41) is 0.517. The second-order valence-electron chi connectivity index (χ2n) is 5.50. The van der Waals surface area contributed by atoms with Gasteiger partial charge in [0, 0.05) is 19.7 Å². The molecule has 5 heteroatoms. The highest BCUT2D eigenvalue weighted by atomic mass is 35.5. The number of benzene rings is 2. The molecule has 0 radical (unpaired) electrons. The summed E-state index contributed by atoms with van der Waals surface area (Å²) in [6, 6.07) is 7.22. The Bertz CT molecular complexity index is 709. The SMILES string of the molecule is CCN(C)C=Nc1cc(C)c(Cc2cc(F)cc(F)c2)cc1Cl. The van der Waals surface area contributed by atoms with Crippen LogP contribution in [0, 0.1) is 18.6 Å². The summed E-state index contributed by atoms with van der Waals surface area (Å²) in [5.41, 5.74) is 3.15. The third kappa shape index (κ3) is 4.76. The Morgan fingerprint density at radius 1 is 1.13 bits per heavy atom. The second-order valence-corrected chi connectivity index (χ2v) is 5.91. The number of rotatable bonds is 5. The highest BCUT2D eigenvalue weighted by Crippen LogP contribution is 2.29. The Kier molecular flexibility index (Phi) is 5.72. The van der Waals surface area contributed by atoms with E-state index >= 15 is 0 Å². The minimum absolute atomic E-state index is 0.416. The molecular formula is C18H19ClF2N2. The maximum Gasteiger partial charge on any atom is 0.126 e. The van der Waals surface area contributed by atoms with Gasteiger partial charge in [0.2, 0.25) is 0 Å². The van der Waals surface area contributed by atoms with E-state index in [2.05, 4.69) is 4.99 Å². The lowest BCUT2D eigenvalue weighted by Crippen LogP contribution is -2.14. The molecule has 0 atom stereocenters. The third-order valence-corrected chi connectivity index (χ3v) is 3.92. The number of aryl methyl sites for hydroxylation is 1. The molecule has 2 aromatic rings. The summed E-state index contributed by atoms with van der Waals surface area (Å²) in [5.74, 6) is -1.15. The predicted molar refractivity (Wildman–Crippen MR) is 91.8 cm³/mol. The molecule has 2 aromatic carbocycles. The first-order valence-corrected chi connectivity index (χ1v) is 7.75. The molecule has 0 aromatic heterocycles. The van der Waals surface area contributed by atoms with Gasteiger partial charge in [-0.2, -0.15) is 0 Å². The summed E-state index contributed by atoms with van der Waals surface area (Å²) in [4.78, 5) is 6.30. The van der Waals surface area contributed by atoms with E-state index < -0.39 is 11.6 Å². The number of aliphatic imine (C=N–C) groups is 1. The first kappa shape index (κ1) is 17.4. The molecule has 2 nitrogen and oxygen atoms in total. The molecule has 0 aliphatic carbocycles. The van der Waals surface area contributed by atoms with Crippen LogP contribution in [0.4, 0.5) is 14.5 Å². The zero-order chi connectivity index (χ0) is 17.0. The molecule has 23 heavy (non-hydrogen) atoms. The molecule has 0 spiro atoms. The normalized spacial score (nSPS) is 11.2. The monoisotopic (exact) mass is 336 g/mol. The maximum atomic E-state index is 13.3. The quantitative estimate of drug-likeness (QED) is 0.546. The van der Waals surface area contributed by atoms with Gasteiger partial charge < -0.3 is 4.90 Å². The Balaban J connectivity index is 2.27. The molecule has 0 unspecified atom stereocenters. The molecule has 0 saturated heterocycles. The summed E-state index contributed by atoms with van der Waals surface area (Å²) in [6.07, 6.45) is 2.14. The molecule has 122 valence electrons. The lowest BCUT2D eigenvalue weighted by molar-refractivity contribution is 0.552. The van der Waals surface area contributed by atoms with Gasteiger partial charge in [0.15, 0.2) is 0 Å². The van der Waals surface area contributed by atoms with Crippen molar-refractivity contribution < 1.29 is 8.78 Å². The average Bonchev–Trinajstić information content (AvgIpc) is 2.47. The van der Waals surface area contributed by atoms with Gasteiger partial charge in [-0.15, -0.1) is 0 Å². The summed E-state index contributed by atoms with van der Waals surface area (Å²) in [6.45, 7) is 4.81. The van der Waals surface area contributed by atoms with E-state index in [1.165, 1.54) is 12.1 Å². The van der Waals surface area contributed by atoms with Crippen LogP contribution in [0.15, 0.2) is 35.3 Å². The number of hydrogen-bond acceptors (Lipinski definition) is 1. The molecule has 2 rings (SSSR count). The first-order valence-electron chi connectivity index (χ1n) is 7.37. The van der Waals surface area contributed by atoms with Crippen LogP contribution >= 0.6 is 11.6 Å². The maximum absolute atomic E-state index is 13.3. The zero-order valence-electron chi connectivity index (χ0n) is 13.4. The Labute approximate surface area is 140 Å². The molecule has 0 aliphatic heterocycles. The standard InChI is InChI=1S/C18H19ClF2N2/c1-4-23(3)11-22-18-5-12(2)14(9-17(18)19)6-13-7-15(20)10-16(21)8-13/h5,7-11H,4,6H2,1-3H3. The second kappa shape index (κ2) is 7.55. The van der Waals surface area contributed by atoms with Crippen LogP contribution in [0.25, 0.3) is 0 Å². The fraction of sp³-hybridized carbons (Fsp3) is 0.278. The third-order valence-electron chi connectivity index (χ3n) is 3.62. The molecule has 0 bridgehead atoms. The highest BCUT2D eigenvalue weighted by molar-refractivity contribution is 6.33. The van der Waals surface area contributed by atoms with E-state index in [4.69, 9.17) is 11.6 Å². The van der Waals surface area contributed by atoms with Gasteiger partial charge in [0.1, 0.15) is 11.6 Å². The van der Waals surface area contributed by atoms with Crippen molar-refractivity contribution in [1.29, 1.82) is 0 Å². The van der Waals surface area contributed by atoms with Gasteiger partial charge >= 0.3 is 0 Å². The first-order chi connectivity index (χ1) is 10.9. The average molecular weight is 337 g/mol. The van der Waals surface area contributed by atoms with Gasteiger partial charge in [-0.25, -0.2) is 13.8 Å². The molecule has 0 heterocycles. The van der Waals surface area contributed by atoms with Crippen LogP contribution in [-0.4, -0.2) is 24.8 Å². The van der Waals surface area contributed by atoms with Crippen LogP contribution in [-0.2, 0) is 6.42 Å². The van der Waals surface area contributed by atoms with Crippen LogP contribution < -0.4 is 0 Å². The van der Waals surface area contributed by atoms with Crippen LogP contribution in [0.3, 0.4) is 0 Å². The summed E-state index contributed by atoms with van der Waals surface area (Å²) < 4.78 is 26.6. The lowest BCUT2D eigenvalue weighted by Gasteiger charge is -2.11. The van der Waals surface area contributed by atoms with Crippen molar-refractivity contribution in [2.45, 2.75) is 20.3 Å². The van der Waals surface area contributed by atoms with E-state index in [0.29, 0.717) is 22.7 Å². The largest absolute Gasteiger partial charge is 0.366 e. The van der Waals surface area contributed by atoms with Gasteiger partial charge in [0.25, 0.3) is 0 Å². The number of halogens is 3. The van der Waals surface area contributed by atoms with Crippen molar-refractivity contribution >= 4 is 23.6 Å². The van der Waals surface area contributed by atoms with Crippen LogP contribution in [0.2, 0.25) is 5.02 Å². The van der Waals surface area contributed by atoms with Crippen LogP contribution in [0.5, 0.6) is 0 Å². The smallest absolute Gasteiger partial charge is 0.126 e. The molecule has 0 amide bonds. The zero-order valence-corrected chi connectivity index (χ0v) is 14.2. The van der Waals surface area contributed by atoms with Crippen molar-refractivity contribution in [2.24, 2.45) is 4.99 Å². The van der Waals surface area contributed by atoms with Crippen molar-refractivity contribution in [3.63, 3.8) is 0 Å². The minimum atomic E-state index is -0.576. The van der Waals surface area contributed by atoms with E-state index in [9.17, 15) is 8.78 Å². The molecule has 0 saturated carbocycles. The summed E-state index contributed by atoms with van der Waals surface area (Å²) >= 11 is 6.28. The summed E-state index contributed by atoms with van der Waals surface area (Å²) in [7, 11) is 1.93. The van der Waals surface area contributed by atoms with E-state index in [1.54, 1.807) is 12.4 Å². The Morgan fingerprint density at radius 2 is 1.78 bits per heavy atom. The fourth-order valence-electron chi connectivity index (χ4n) is 2.17. The lowest BCUT2D eigenvalue weighted by atomic mass is 10.00. The topological polar surface area (TPSA) is 15.6 Å². The van der Waals surface area contributed by atoms with E-state index in [0.717, 1.165) is 23.7 Å². The number of nitrogens with zero attached hydrogens (tertiary/aromatic N) is 2. The van der Waals surface area contributed by atoms with Crippen molar-refractivity contribution in [3.8, 4) is 0 Å². The minimum Gasteiger partial charge on any atom is -0.366 e. The highest BCUT2D eigenvalue weighted by Gasteiger charge is 2.08. The predicted octanol–water partition coefficient (Wildman–Crippen LogP) is 5.13. The van der Waals surface area contributed by atoms with Crippen molar-refractivity contribution in [2.75, 3.05) is 13.6 Å². The Morgan fingerprint density at radius 3 is 2.39 bits per heavy atom. The molecular weight excluding hydrogens is 318 g/mol. The Hall–Kier alpha value is -1.94.